The second-order valence-electron chi connectivity index (χ2n) is 11.8. The van der Waals surface area contributed by atoms with Crippen LogP contribution in [0.4, 0.5) is 17.1 Å². The van der Waals surface area contributed by atoms with Crippen LogP contribution in [0.5, 0.6) is 0 Å². The number of furan rings is 1. The highest BCUT2D eigenvalue weighted by Gasteiger charge is 2.16. The van der Waals surface area contributed by atoms with E-state index in [0.29, 0.717) is 0 Å². The second-order valence-corrected chi connectivity index (χ2v) is 12.9. The molecule has 9 aromatic rings. The fourth-order valence-electron chi connectivity index (χ4n) is 6.54. The minimum atomic E-state index is 0.913. The molecule has 7 aromatic carbocycles. The van der Waals surface area contributed by atoms with E-state index in [4.69, 9.17) is 4.42 Å². The lowest BCUT2D eigenvalue weighted by atomic mass is 10.0. The third-order valence-corrected chi connectivity index (χ3v) is 10.1. The van der Waals surface area contributed by atoms with Gasteiger partial charge in [0.15, 0.2) is 0 Å². The van der Waals surface area contributed by atoms with Crippen LogP contribution in [0.1, 0.15) is 0 Å². The summed E-state index contributed by atoms with van der Waals surface area (Å²) < 4.78 is 7.67. The maximum atomic E-state index is 6.36. The summed E-state index contributed by atoms with van der Waals surface area (Å²) in [6.07, 6.45) is 0. The smallest absolute Gasteiger partial charge is 0.143 e. The number of hydrogen-bond acceptors (Lipinski definition) is 3. The second kappa shape index (κ2) is 11.5. The zero-order valence-electron chi connectivity index (χ0n) is 25.5. The highest BCUT2D eigenvalue weighted by Crippen LogP contribution is 2.41. The van der Waals surface area contributed by atoms with Crippen LogP contribution in [0.15, 0.2) is 180 Å². The molecule has 2 aromatic heterocycles. The van der Waals surface area contributed by atoms with Gasteiger partial charge in [0.1, 0.15) is 11.2 Å². The van der Waals surface area contributed by atoms with Gasteiger partial charge in [0.2, 0.25) is 0 Å². The fraction of sp³-hybridized carbons (Fsp3) is 0. The molecule has 0 saturated carbocycles. The van der Waals surface area contributed by atoms with E-state index >= 15 is 0 Å². The first-order valence-corrected chi connectivity index (χ1v) is 16.7. The van der Waals surface area contributed by atoms with Gasteiger partial charge in [-0.2, -0.15) is 0 Å². The summed E-state index contributed by atoms with van der Waals surface area (Å²) >= 11 is 1.84. The molecule has 0 fully saturated rings. The van der Waals surface area contributed by atoms with Gasteiger partial charge in [-0.25, -0.2) is 0 Å². The Labute approximate surface area is 277 Å². The number of para-hydroxylation sites is 2. The van der Waals surface area contributed by atoms with Crippen LogP contribution < -0.4 is 4.90 Å². The Morgan fingerprint density at radius 1 is 0.426 bits per heavy atom. The first-order chi connectivity index (χ1) is 23.3. The topological polar surface area (TPSA) is 16.4 Å². The first-order valence-electron chi connectivity index (χ1n) is 15.8. The van der Waals surface area contributed by atoms with Crippen molar-refractivity contribution in [3.8, 4) is 32.7 Å². The van der Waals surface area contributed by atoms with E-state index in [0.717, 1.165) is 50.1 Å². The number of hydrogen-bond donors (Lipinski definition) is 0. The quantitative estimate of drug-likeness (QED) is 0.184. The number of anilines is 3. The van der Waals surface area contributed by atoms with Crippen molar-refractivity contribution in [1.82, 2.24) is 0 Å². The van der Waals surface area contributed by atoms with Crippen molar-refractivity contribution in [3.05, 3.63) is 176 Å². The van der Waals surface area contributed by atoms with Crippen LogP contribution in [-0.2, 0) is 0 Å². The molecule has 0 atom stereocenters. The van der Waals surface area contributed by atoms with Crippen LogP contribution in [-0.4, -0.2) is 0 Å². The van der Waals surface area contributed by atoms with Crippen molar-refractivity contribution in [2.24, 2.45) is 0 Å². The lowest BCUT2D eigenvalue weighted by molar-refractivity contribution is 0.670. The van der Waals surface area contributed by atoms with Gasteiger partial charge < -0.3 is 9.32 Å². The van der Waals surface area contributed by atoms with Crippen molar-refractivity contribution in [3.63, 3.8) is 0 Å². The van der Waals surface area contributed by atoms with Crippen LogP contribution in [0.25, 0.3) is 64.7 Å². The molecule has 0 N–H and O–H groups in total. The monoisotopic (exact) mass is 619 g/mol. The highest BCUT2D eigenvalue weighted by atomic mass is 32.1. The summed E-state index contributed by atoms with van der Waals surface area (Å²) in [5.74, 6) is 0. The molecule has 3 heteroatoms. The largest absolute Gasteiger partial charge is 0.455 e. The zero-order chi connectivity index (χ0) is 31.2. The Balaban J connectivity index is 1.11. The number of benzene rings is 7. The number of nitrogens with zero attached hydrogens (tertiary/aromatic N) is 1. The molecule has 47 heavy (non-hydrogen) atoms. The minimum Gasteiger partial charge on any atom is -0.455 e. The molecule has 0 unspecified atom stereocenters. The molecule has 0 radical (unpaired) electrons. The van der Waals surface area contributed by atoms with Gasteiger partial charge in [0, 0.05) is 43.0 Å². The summed E-state index contributed by atoms with van der Waals surface area (Å²) in [5.41, 5.74) is 11.0. The van der Waals surface area contributed by atoms with Crippen molar-refractivity contribution >= 4 is 60.4 Å². The summed E-state index contributed by atoms with van der Waals surface area (Å²) in [7, 11) is 0. The third-order valence-electron chi connectivity index (χ3n) is 8.91. The lowest BCUT2D eigenvalue weighted by Crippen LogP contribution is -2.09. The maximum absolute atomic E-state index is 6.36. The summed E-state index contributed by atoms with van der Waals surface area (Å²) in [6, 6.07) is 62.7. The number of thiophene rings is 1. The predicted octanol–water partition coefficient (Wildman–Crippen LogP) is 13.3. The summed E-state index contributed by atoms with van der Waals surface area (Å²) in [5, 5.41) is 3.57. The Morgan fingerprint density at radius 3 is 1.72 bits per heavy atom. The number of rotatable bonds is 6. The van der Waals surface area contributed by atoms with Crippen LogP contribution in [0.3, 0.4) is 0 Å². The molecular formula is C44H29NOS. The van der Waals surface area contributed by atoms with Gasteiger partial charge in [-0.3, -0.25) is 0 Å². The molecule has 0 bridgehead atoms. The molecule has 9 rings (SSSR count). The van der Waals surface area contributed by atoms with Gasteiger partial charge in [-0.1, -0.05) is 121 Å². The van der Waals surface area contributed by atoms with Gasteiger partial charge in [0.05, 0.1) is 0 Å². The predicted molar refractivity (Wildman–Crippen MR) is 200 cm³/mol. The third kappa shape index (κ3) is 4.98. The summed E-state index contributed by atoms with van der Waals surface area (Å²) in [6.45, 7) is 0. The molecule has 0 aliphatic heterocycles. The SMILES string of the molecule is c1ccc(-c2ccc(N(c3ccc(-c4cc5ccccc5s4)cc3)c3ccc(-c4cccc5c4oc4ccccc45)cc3)cc2)cc1. The van der Waals surface area contributed by atoms with Gasteiger partial charge in [0.25, 0.3) is 0 Å². The summed E-state index contributed by atoms with van der Waals surface area (Å²) in [4.78, 5) is 3.61. The van der Waals surface area contributed by atoms with Crippen molar-refractivity contribution in [2.45, 2.75) is 0 Å². The first kappa shape index (κ1) is 27.4. The average Bonchev–Trinajstić information content (AvgIpc) is 3.75. The molecule has 2 nitrogen and oxygen atoms in total. The van der Waals surface area contributed by atoms with E-state index in [9.17, 15) is 0 Å². The Kier molecular flexibility index (Phi) is 6.69. The van der Waals surface area contributed by atoms with Gasteiger partial charge in [-0.05, 0) is 82.2 Å². The van der Waals surface area contributed by atoms with Crippen LogP contribution in [0.2, 0.25) is 0 Å². The normalized spacial score (nSPS) is 11.4. The molecule has 2 heterocycles. The van der Waals surface area contributed by atoms with E-state index in [-0.39, 0.29) is 0 Å². The van der Waals surface area contributed by atoms with Crippen molar-refractivity contribution in [2.75, 3.05) is 4.90 Å². The molecule has 0 aliphatic rings. The van der Waals surface area contributed by atoms with Crippen LogP contribution >= 0.6 is 11.3 Å². The highest BCUT2D eigenvalue weighted by molar-refractivity contribution is 7.22. The van der Waals surface area contributed by atoms with E-state index in [1.54, 1.807) is 0 Å². The zero-order valence-corrected chi connectivity index (χ0v) is 26.3. The van der Waals surface area contributed by atoms with E-state index < -0.39 is 0 Å². The standard InChI is InChI=1S/C44H29NOS/c1-2-9-30(10-3-1)31-17-23-35(24-18-31)45(37-27-21-33(22-28-37)43-29-34-11-4-7-16-42(34)47-43)36-25-19-32(20-26-36)38-13-8-14-40-39-12-5-6-15-41(39)46-44(38)40/h1-29H. The maximum Gasteiger partial charge on any atom is 0.143 e. The number of fused-ring (bicyclic) bond motifs is 4. The molecule has 0 amide bonds. The Bertz CT molecular complexity index is 2460. The molecular weight excluding hydrogens is 591 g/mol. The lowest BCUT2D eigenvalue weighted by Gasteiger charge is -2.26. The molecule has 222 valence electrons. The minimum absolute atomic E-state index is 0.913. The molecule has 0 spiro atoms. The molecule has 0 aliphatic carbocycles. The van der Waals surface area contributed by atoms with Gasteiger partial charge >= 0.3 is 0 Å². The fourth-order valence-corrected chi connectivity index (χ4v) is 7.61. The van der Waals surface area contributed by atoms with Gasteiger partial charge in [-0.15, -0.1) is 11.3 Å². The van der Waals surface area contributed by atoms with Crippen LogP contribution in [0, 0.1) is 0 Å². The van der Waals surface area contributed by atoms with E-state index in [1.165, 1.54) is 31.7 Å². The Morgan fingerprint density at radius 2 is 1.00 bits per heavy atom. The average molecular weight is 620 g/mol. The Hall–Kier alpha value is -5.90. The van der Waals surface area contributed by atoms with Crippen molar-refractivity contribution in [1.29, 1.82) is 0 Å². The van der Waals surface area contributed by atoms with E-state index in [2.05, 4.69) is 169 Å². The van der Waals surface area contributed by atoms with E-state index in [1.807, 2.05) is 23.5 Å². The molecule has 0 saturated heterocycles. The van der Waals surface area contributed by atoms with Crippen molar-refractivity contribution < 1.29 is 4.42 Å².